The maximum absolute atomic E-state index is 6.40. The Kier molecular flexibility index (Phi) is 6.55. The molecular weight excluding hydrogens is 392 g/mol. The summed E-state index contributed by atoms with van der Waals surface area (Å²) in [5.41, 5.74) is 0. The molecule has 2 aromatic heterocycles. The van der Waals surface area contributed by atoms with Gasteiger partial charge in [-0.3, -0.25) is 4.98 Å². The third-order valence-electron chi connectivity index (χ3n) is 5.69. The highest BCUT2D eigenvalue weighted by Gasteiger charge is 2.29. The molecule has 0 atom stereocenters. The number of piperidine rings is 1. The lowest BCUT2D eigenvalue weighted by Crippen LogP contribution is -2.39. The van der Waals surface area contributed by atoms with Crippen LogP contribution in [0, 0.1) is 0 Å². The van der Waals surface area contributed by atoms with E-state index in [0.717, 1.165) is 63.2 Å². The Morgan fingerprint density at radius 2 is 1.76 bits per heavy atom. The molecule has 7 nitrogen and oxygen atoms in total. The predicted molar refractivity (Wildman–Crippen MR) is 111 cm³/mol. The number of hydrogen-bond acceptors (Lipinski definition) is 7. The molecule has 0 amide bonds. The van der Waals surface area contributed by atoms with Gasteiger partial charge in [-0.25, -0.2) is 0 Å². The summed E-state index contributed by atoms with van der Waals surface area (Å²) in [7, 11) is 0. The highest BCUT2D eigenvalue weighted by Crippen LogP contribution is 2.31. The van der Waals surface area contributed by atoms with Crippen molar-refractivity contribution in [3.8, 4) is 5.75 Å². The SMILES string of the molecule is CC(C)c1noc(N2CCC(O[C@H]3CC[C@H](Oc4ccncc4Cl)CC3)CC2)n1. The maximum Gasteiger partial charge on any atom is 0.324 e. The Bertz CT molecular complexity index is 784. The second-order valence-corrected chi connectivity index (χ2v) is 8.64. The fraction of sp³-hybridized carbons (Fsp3) is 0.667. The van der Waals surface area contributed by atoms with Crippen LogP contribution in [0.4, 0.5) is 6.01 Å². The van der Waals surface area contributed by atoms with Crippen molar-refractivity contribution in [3.05, 3.63) is 29.3 Å². The van der Waals surface area contributed by atoms with Crippen LogP contribution in [-0.2, 0) is 4.74 Å². The van der Waals surface area contributed by atoms with E-state index in [9.17, 15) is 0 Å². The summed E-state index contributed by atoms with van der Waals surface area (Å²) in [5.74, 6) is 1.77. The molecule has 2 aromatic rings. The second kappa shape index (κ2) is 9.30. The van der Waals surface area contributed by atoms with Crippen LogP contribution in [0.3, 0.4) is 0 Å². The quantitative estimate of drug-likeness (QED) is 0.675. The third-order valence-corrected chi connectivity index (χ3v) is 5.98. The monoisotopic (exact) mass is 420 g/mol. The zero-order valence-electron chi connectivity index (χ0n) is 17.1. The molecule has 0 aromatic carbocycles. The lowest BCUT2D eigenvalue weighted by molar-refractivity contribution is -0.0530. The molecule has 1 aliphatic heterocycles. The zero-order valence-corrected chi connectivity index (χ0v) is 17.8. The van der Waals surface area contributed by atoms with Gasteiger partial charge in [0.15, 0.2) is 5.82 Å². The molecule has 1 aliphatic carbocycles. The molecule has 0 spiro atoms. The van der Waals surface area contributed by atoms with Crippen LogP contribution < -0.4 is 9.64 Å². The van der Waals surface area contributed by atoms with Gasteiger partial charge in [-0.2, -0.15) is 4.98 Å². The number of halogens is 1. The lowest BCUT2D eigenvalue weighted by Gasteiger charge is -2.35. The number of nitrogens with zero attached hydrogens (tertiary/aromatic N) is 4. The van der Waals surface area contributed by atoms with E-state index in [1.54, 1.807) is 12.4 Å². The number of rotatable bonds is 6. The Morgan fingerprint density at radius 1 is 1.07 bits per heavy atom. The van der Waals surface area contributed by atoms with Crippen molar-refractivity contribution in [2.24, 2.45) is 0 Å². The van der Waals surface area contributed by atoms with Crippen LogP contribution >= 0.6 is 11.6 Å². The van der Waals surface area contributed by atoms with Crippen molar-refractivity contribution in [1.82, 2.24) is 15.1 Å². The topological polar surface area (TPSA) is 73.5 Å². The summed E-state index contributed by atoms with van der Waals surface area (Å²) in [6.45, 7) is 5.92. The average Bonchev–Trinajstić information content (AvgIpc) is 3.22. The van der Waals surface area contributed by atoms with Gasteiger partial charge in [0, 0.05) is 37.5 Å². The van der Waals surface area contributed by atoms with Gasteiger partial charge in [-0.15, -0.1) is 0 Å². The number of aromatic nitrogens is 3. The van der Waals surface area contributed by atoms with Crippen LogP contribution in [0.2, 0.25) is 5.02 Å². The van der Waals surface area contributed by atoms with Crippen molar-refractivity contribution in [2.75, 3.05) is 18.0 Å². The highest BCUT2D eigenvalue weighted by atomic mass is 35.5. The summed E-state index contributed by atoms with van der Waals surface area (Å²) < 4.78 is 17.9. The van der Waals surface area contributed by atoms with E-state index in [4.69, 9.17) is 25.6 Å². The van der Waals surface area contributed by atoms with Gasteiger partial charge in [0.05, 0.1) is 18.3 Å². The van der Waals surface area contributed by atoms with Crippen LogP contribution in [0.15, 0.2) is 23.0 Å². The Morgan fingerprint density at radius 3 is 2.41 bits per heavy atom. The highest BCUT2D eigenvalue weighted by molar-refractivity contribution is 6.31. The molecule has 0 bridgehead atoms. The van der Waals surface area contributed by atoms with Crippen molar-refractivity contribution < 1.29 is 14.0 Å². The van der Waals surface area contributed by atoms with E-state index >= 15 is 0 Å². The largest absolute Gasteiger partial charge is 0.489 e. The van der Waals surface area contributed by atoms with E-state index in [1.807, 2.05) is 6.07 Å². The van der Waals surface area contributed by atoms with Crippen LogP contribution in [0.25, 0.3) is 0 Å². The second-order valence-electron chi connectivity index (χ2n) is 8.24. The van der Waals surface area contributed by atoms with E-state index in [-0.39, 0.29) is 12.0 Å². The summed E-state index contributed by atoms with van der Waals surface area (Å²) in [6, 6.07) is 2.46. The minimum absolute atomic E-state index is 0.198. The summed E-state index contributed by atoms with van der Waals surface area (Å²) in [5, 5.41) is 4.63. The number of hydrogen-bond donors (Lipinski definition) is 0. The van der Waals surface area contributed by atoms with Gasteiger partial charge in [-0.1, -0.05) is 30.6 Å². The maximum atomic E-state index is 6.40. The molecule has 4 rings (SSSR count). The molecule has 1 saturated heterocycles. The van der Waals surface area contributed by atoms with E-state index < -0.39 is 0 Å². The van der Waals surface area contributed by atoms with Crippen LogP contribution in [0.5, 0.6) is 5.75 Å². The van der Waals surface area contributed by atoms with E-state index in [1.165, 1.54) is 0 Å². The number of ether oxygens (including phenoxy) is 2. The molecule has 8 heteroatoms. The molecule has 29 heavy (non-hydrogen) atoms. The van der Waals surface area contributed by atoms with Crippen molar-refractivity contribution in [2.45, 2.75) is 76.6 Å². The first-order valence-electron chi connectivity index (χ1n) is 10.6. The molecule has 2 fully saturated rings. The Balaban J connectivity index is 1.19. The Labute approximate surface area is 176 Å². The Hall–Kier alpha value is -1.86. The van der Waals surface area contributed by atoms with Gasteiger partial charge in [0.2, 0.25) is 0 Å². The van der Waals surface area contributed by atoms with Crippen molar-refractivity contribution >= 4 is 17.6 Å². The summed E-state index contributed by atoms with van der Waals surface area (Å²) in [4.78, 5) is 10.7. The first kappa shape index (κ1) is 20.4. The average molecular weight is 421 g/mol. The van der Waals surface area contributed by atoms with E-state index in [0.29, 0.717) is 23.2 Å². The molecular formula is C21H29ClN4O3. The minimum Gasteiger partial charge on any atom is -0.489 e. The molecule has 0 radical (unpaired) electrons. The summed E-state index contributed by atoms with van der Waals surface area (Å²) in [6.07, 6.45) is 10.1. The molecule has 3 heterocycles. The molecule has 158 valence electrons. The molecule has 1 saturated carbocycles. The standard InChI is InChI=1S/C21H29ClN4O3/c1-14(2)20-24-21(29-25-20)26-11-8-17(9-12-26)27-15-3-5-16(6-4-15)28-19-7-10-23-13-18(19)22/h7,10,13-17H,3-6,8-9,11-12H2,1-2H3/t15-,16-. The van der Waals surface area contributed by atoms with Gasteiger partial charge >= 0.3 is 6.01 Å². The normalized spacial score (nSPS) is 23.5. The fourth-order valence-electron chi connectivity index (χ4n) is 3.97. The molecule has 0 unspecified atom stereocenters. The van der Waals surface area contributed by atoms with Gasteiger partial charge in [0.25, 0.3) is 0 Å². The summed E-state index contributed by atoms with van der Waals surface area (Å²) >= 11 is 6.14. The van der Waals surface area contributed by atoms with Gasteiger partial charge < -0.3 is 18.9 Å². The van der Waals surface area contributed by atoms with E-state index in [2.05, 4.69) is 33.9 Å². The fourth-order valence-corrected chi connectivity index (χ4v) is 4.13. The molecule has 0 N–H and O–H groups in total. The smallest absolute Gasteiger partial charge is 0.324 e. The predicted octanol–water partition coefficient (Wildman–Crippen LogP) is 4.62. The number of anilines is 1. The van der Waals surface area contributed by atoms with Crippen molar-refractivity contribution in [3.63, 3.8) is 0 Å². The number of pyridine rings is 1. The third kappa shape index (κ3) is 5.20. The van der Waals surface area contributed by atoms with Gasteiger partial charge in [0.1, 0.15) is 10.8 Å². The van der Waals surface area contributed by atoms with Crippen molar-refractivity contribution in [1.29, 1.82) is 0 Å². The van der Waals surface area contributed by atoms with Crippen LogP contribution in [0.1, 0.15) is 64.1 Å². The van der Waals surface area contributed by atoms with Crippen LogP contribution in [-0.4, -0.2) is 46.5 Å². The molecule has 2 aliphatic rings. The zero-order chi connectivity index (χ0) is 20.2. The minimum atomic E-state index is 0.198. The first-order valence-corrected chi connectivity index (χ1v) is 11.0. The first-order chi connectivity index (χ1) is 14.1. The van der Waals surface area contributed by atoms with Gasteiger partial charge in [-0.05, 0) is 38.5 Å². The lowest BCUT2D eigenvalue weighted by atomic mass is 9.94.